The summed E-state index contributed by atoms with van der Waals surface area (Å²) in [5, 5.41) is 8.03. The van der Waals surface area contributed by atoms with E-state index in [0.717, 1.165) is 22.5 Å². The van der Waals surface area contributed by atoms with Crippen LogP contribution in [0.3, 0.4) is 0 Å². The van der Waals surface area contributed by atoms with Crippen LogP contribution in [0, 0.1) is 13.8 Å². The summed E-state index contributed by atoms with van der Waals surface area (Å²) in [5.74, 6) is 0.286. The normalized spacial score (nSPS) is 14.3. The van der Waals surface area contributed by atoms with Crippen molar-refractivity contribution < 1.29 is 19.1 Å². The molecule has 2 heterocycles. The number of carbonyl (C=O) groups is 2. The average molecular weight is 539 g/mol. The minimum Gasteiger partial charge on any atom is -0.495 e. The number of carbonyl (C=O) groups excluding carboxylic acids is 2. The van der Waals surface area contributed by atoms with Gasteiger partial charge in [0.25, 0.3) is 5.91 Å². The fourth-order valence-corrected chi connectivity index (χ4v) is 5.02. The van der Waals surface area contributed by atoms with Crippen LogP contribution in [0.15, 0.2) is 42.6 Å². The highest BCUT2D eigenvalue weighted by Gasteiger charge is 2.32. The molecule has 2 aromatic carbocycles. The average Bonchev–Trinajstić information content (AvgIpc) is 3.28. The van der Waals surface area contributed by atoms with Crippen molar-refractivity contribution in [2.24, 2.45) is 0 Å². The van der Waals surface area contributed by atoms with E-state index < -0.39 is 5.60 Å². The quantitative estimate of drug-likeness (QED) is 0.400. The van der Waals surface area contributed by atoms with Gasteiger partial charge < -0.3 is 19.7 Å². The van der Waals surface area contributed by atoms with Gasteiger partial charge in [-0.15, -0.1) is 0 Å². The van der Waals surface area contributed by atoms with Crippen LogP contribution < -0.4 is 10.1 Å². The van der Waals surface area contributed by atoms with Gasteiger partial charge in [0, 0.05) is 24.7 Å². The molecule has 0 spiro atoms. The number of nitrogens with one attached hydrogen (secondary N) is 1. The van der Waals surface area contributed by atoms with Gasteiger partial charge in [0.2, 0.25) is 0 Å². The molecule has 0 unspecified atom stereocenters. The monoisotopic (exact) mass is 538 g/mol. The Morgan fingerprint density at radius 1 is 1.08 bits per heavy atom. The first-order valence-electron chi connectivity index (χ1n) is 12.7. The van der Waals surface area contributed by atoms with Crippen molar-refractivity contribution in [2.45, 2.75) is 59.0 Å². The third-order valence-corrected chi connectivity index (χ3v) is 6.87. The molecule has 202 valence electrons. The van der Waals surface area contributed by atoms with Crippen LogP contribution in [0.25, 0.3) is 5.69 Å². The maximum Gasteiger partial charge on any atom is 0.410 e. The maximum absolute atomic E-state index is 13.5. The first kappa shape index (κ1) is 27.5. The van der Waals surface area contributed by atoms with E-state index in [0.29, 0.717) is 48.0 Å². The summed E-state index contributed by atoms with van der Waals surface area (Å²) in [4.78, 5) is 27.9. The molecule has 3 aromatic rings. The molecule has 0 saturated carbocycles. The summed E-state index contributed by atoms with van der Waals surface area (Å²) in [6.07, 6.45) is 2.68. The molecule has 4 rings (SSSR count). The lowest BCUT2D eigenvalue weighted by Crippen LogP contribution is -2.41. The largest absolute Gasteiger partial charge is 0.495 e. The van der Waals surface area contributed by atoms with Gasteiger partial charge in [-0.25, -0.2) is 9.48 Å². The number of hydrogen-bond donors (Lipinski definition) is 1. The molecule has 1 N–H and O–H groups in total. The molecule has 2 amide bonds. The maximum atomic E-state index is 13.5. The Bertz CT molecular complexity index is 1340. The second kappa shape index (κ2) is 11.1. The predicted molar refractivity (Wildman–Crippen MR) is 149 cm³/mol. The highest BCUT2D eigenvalue weighted by atomic mass is 35.5. The second-order valence-electron chi connectivity index (χ2n) is 10.7. The van der Waals surface area contributed by atoms with Gasteiger partial charge in [-0.1, -0.05) is 29.3 Å². The van der Waals surface area contributed by atoms with E-state index >= 15 is 0 Å². The van der Waals surface area contributed by atoms with Crippen LogP contribution >= 0.6 is 11.6 Å². The Morgan fingerprint density at radius 2 is 1.79 bits per heavy atom. The lowest BCUT2D eigenvalue weighted by molar-refractivity contribution is 0.0203. The number of likely N-dealkylation sites (tertiary alicyclic amines) is 1. The number of ether oxygens (including phenoxy) is 2. The number of methoxy groups -OCH3 is 1. The number of piperidine rings is 1. The fourth-order valence-electron chi connectivity index (χ4n) is 4.77. The summed E-state index contributed by atoms with van der Waals surface area (Å²) < 4.78 is 12.7. The topological polar surface area (TPSA) is 85.7 Å². The van der Waals surface area contributed by atoms with E-state index in [9.17, 15) is 9.59 Å². The van der Waals surface area contributed by atoms with Crippen molar-refractivity contribution in [3.63, 3.8) is 0 Å². The molecule has 0 bridgehead atoms. The molecule has 9 heteroatoms. The molecule has 1 aliphatic rings. The van der Waals surface area contributed by atoms with Gasteiger partial charge in [-0.05, 0) is 77.3 Å². The second-order valence-corrected chi connectivity index (χ2v) is 11.1. The predicted octanol–water partition coefficient (Wildman–Crippen LogP) is 6.52. The lowest BCUT2D eigenvalue weighted by atomic mass is 9.90. The zero-order chi connectivity index (χ0) is 27.6. The van der Waals surface area contributed by atoms with Gasteiger partial charge in [-0.3, -0.25) is 4.79 Å². The molecule has 1 fully saturated rings. The molecule has 38 heavy (non-hydrogen) atoms. The van der Waals surface area contributed by atoms with Gasteiger partial charge in [-0.2, -0.15) is 5.10 Å². The fraction of sp³-hybridized carbons (Fsp3) is 0.414. The van der Waals surface area contributed by atoms with Gasteiger partial charge in [0.15, 0.2) is 0 Å². The third-order valence-electron chi connectivity index (χ3n) is 6.57. The van der Waals surface area contributed by atoms with Gasteiger partial charge >= 0.3 is 6.09 Å². The first-order chi connectivity index (χ1) is 18.0. The molecule has 0 aliphatic carbocycles. The number of benzene rings is 2. The molecular formula is C29H35ClN4O4. The number of anilines is 1. The SMILES string of the molecule is COc1ccc(NC(=O)c2cnn(-c3ccc(C)cc3C)c2C2CCN(C(=O)OC(C)(C)C)CC2)cc1Cl. The Morgan fingerprint density at radius 3 is 2.39 bits per heavy atom. The van der Waals surface area contributed by atoms with Crippen molar-refractivity contribution in [2.75, 3.05) is 25.5 Å². The van der Waals surface area contributed by atoms with E-state index in [1.165, 1.54) is 0 Å². The molecular weight excluding hydrogens is 504 g/mol. The molecule has 1 aromatic heterocycles. The van der Waals surface area contributed by atoms with Crippen molar-refractivity contribution in [1.29, 1.82) is 0 Å². The van der Waals surface area contributed by atoms with Crippen LogP contribution in [0.2, 0.25) is 5.02 Å². The summed E-state index contributed by atoms with van der Waals surface area (Å²) >= 11 is 6.27. The third kappa shape index (κ3) is 6.13. The van der Waals surface area contributed by atoms with E-state index in [2.05, 4.69) is 16.5 Å². The molecule has 8 nitrogen and oxygen atoms in total. The Kier molecular flexibility index (Phi) is 8.02. The van der Waals surface area contributed by atoms with Crippen LogP contribution in [0.5, 0.6) is 5.75 Å². The Balaban J connectivity index is 1.64. The number of aromatic nitrogens is 2. The minimum atomic E-state index is -0.550. The highest BCUT2D eigenvalue weighted by Crippen LogP contribution is 2.34. The molecule has 0 radical (unpaired) electrons. The van der Waals surface area contributed by atoms with Gasteiger partial charge in [0.05, 0.1) is 35.3 Å². The number of amides is 2. The van der Waals surface area contributed by atoms with Crippen molar-refractivity contribution >= 4 is 29.3 Å². The standard InChI is InChI=1S/C29H35ClN4O4/c1-18-7-9-24(19(2)15-18)34-26(20-11-13-33(14-12-20)28(36)38-29(3,4)5)22(17-31-34)27(35)32-21-8-10-25(37-6)23(30)16-21/h7-10,15-17,20H,11-14H2,1-6H3,(H,32,35). The summed E-state index contributed by atoms with van der Waals surface area (Å²) in [7, 11) is 1.54. The van der Waals surface area contributed by atoms with Crippen LogP contribution in [0.1, 0.15) is 66.7 Å². The number of halogens is 1. The van der Waals surface area contributed by atoms with Crippen LogP contribution in [-0.4, -0.2) is 52.5 Å². The molecule has 0 atom stereocenters. The van der Waals surface area contributed by atoms with Crippen molar-refractivity contribution in [3.05, 3.63) is 70.0 Å². The lowest BCUT2D eigenvalue weighted by Gasteiger charge is -2.34. The summed E-state index contributed by atoms with van der Waals surface area (Å²) in [6, 6.07) is 11.3. The van der Waals surface area contributed by atoms with E-state index in [1.807, 2.05) is 51.4 Å². The van der Waals surface area contributed by atoms with E-state index in [1.54, 1.807) is 36.4 Å². The van der Waals surface area contributed by atoms with Crippen LogP contribution in [0.4, 0.5) is 10.5 Å². The minimum absolute atomic E-state index is 0.0251. The molecule has 1 aliphatic heterocycles. The Labute approximate surface area is 228 Å². The molecule has 1 saturated heterocycles. The number of rotatable bonds is 5. The summed E-state index contributed by atoms with van der Waals surface area (Å²) in [6.45, 7) is 10.7. The summed E-state index contributed by atoms with van der Waals surface area (Å²) in [5.41, 5.74) is 4.47. The van der Waals surface area contributed by atoms with Crippen molar-refractivity contribution in [3.8, 4) is 11.4 Å². The Hall–Kier alpha value is -3.52. The number of nitrogens with zero attached hydrogens (tertiary/aromatic N) is 3. The zero-order valence-corrected chi connectivity index (χ0v) is 23.6. The number of aryl methyl sites for hydroxylation is 2. The van der Waals surface area contributed by atoms with E-state index in [-0.39, 0.29) is 17.9 Å². The smallest absolute Gasteiger partial charge is 0.410 e. The van der Waals surface area contributed by atoms with Crippen LogP contribution in [-0.2, 0) is 4.74 Å². The van der Waals surface area contributed by atoms with Gasteiger partial charge in [0.1, 0.15) is 11.4 Å². The zero-order valence-electron chi connectivity index (χ0n) is 22.8. The van der Waals surface area contributed by atoms with Crippen molar-refractivity contribution in [1.82, 2.24) is 14.7 Å². The number of hydrogen-bond acceptors (Lipinski definition) is 5. The first-order valence-corrected chi connectivity index (χ1v) is 13.1. The highest BCUT2D eigenvalue weighted by molar-refractivity contribution is 6.32. The van der Waals surface area contributed by atoms with E-state index in [4.69, 9.17) is 21.1 Å².